The van der Waals surface area contributed by atoms with Crippen LogP contribution in [0.4, 0.5) is 5.69 Å². The SMILES string of the molecule is COc1ccc(NC(=O)c2cnc(C)o2)cc1. The van der Waals surface area contributed by atoms with Gasteiger partial charge in [-0.25, -0.2) is 4.98 Å². The minimum Gasteiger partial charge on any atom is -0.497 e. The normalized spacial score (nSPS) is 10.0. The number of anilines is 1. The number of aromatic nitrogens is 1. The lowest BCUT2D eigenvalue weighted by molar-refractivity contribution is 0.0995. The monoisotopic (exact) mass is 232 g/mol. The van der Waals surface area contributed by atoms with Gasteiger partial charge in [0.25, 0.3) is 5.91 Å². The van der Waals surface area contributed by atoms with E-state index in [0.717, 1.165) is 5.75 Å². The first-order chi connectivity index (χ1) is 8.19. The number of hydrogen-bond donors (Lipinski definition) is 1. The molecule has 1 amide bonds. The topological polar surface area (TPSA) is 64.4 Å². The van der Waals surface area contributed by atoms with Gasteiger partial charge in [-0.3, -0.25) is 4.79 Å². The van der Waals surface area contributed by atoms with Gasteiger partial charge >= 0.3 is 0 Å². The molecule has 88 valence electrons. The van der Waals surface area contributed by atoms with Gasteiger partial charge in [-0.15, -0.1) is 0 Å². The van der Waals surface area contributed by atoms with Crippen LogP contribution in [0.25, 0.3) is 0 Å². The maximum atomic E-state index is 11.7. The molecule has 0 fully saturated rings. The lowest BCUT2D eigenvalue weighted by atomic mass is 10.3. The molecular weight excluding hydrogens is 220 g/mol. The zero-order chi connectivity index (χ0) is 12.3. The third-order valence-electron chi connectivity index (χ3n) is 2.19. The second-order valence-electron chi connectivity index (χ2n) is 3.43. The zero-order valence-corrected chi connectivity index (χ0v) is 9.56. The van der Waals surface area contributed by atoms with Gasteiger partial charge in [-0.05, 0) is 24.3 Å². The van der Waals surface area contributed by atoms with Crippen molar-refractivity contribution in [1.82, 2.24) is 4.98 Å². The molecule has 0 aliphatic carbocycles. The van der Waals surface area contributed by atoms with Gasteiger partial charge in [-0.2, -0.15) is 0 Å². The first-order valence-electron chi connectivity index (χ1n) is 5.07. The lowest BCUT2D eigenvalue weighted by Crippen LogP contribution is -2.10. The molecule has 1 aromatic carbocycles. The molecule has 1 heterocycles. The number of nitrogens with zero attached hydrogens (tertiary/aromatic N) is 1. The number of nitrogens with one attached hydrogen (secondary N) is 1. The van der Waals surface area contributed by atoms with Crippen molar-refractivity contribution in [3.63, 3.8) is 0 Å². The number of carbonyl (C=O) groups excluding carboxylic acids is 1. The number of aryl methyl sites for hydroxylation is 1. The minimum absolute atomic E-state index is 0.193. The van der Waals surface area contributed by atoms with E-state index in [1.54, 1.807) is 38.3 Å². The molecule has 17 heavy (non-hydrogen) atoms. The number of methoxy groups -OCH3 is 1. The first-order valence-corrected chi connectivity index (χ1v) is 5.07. The Hall–Kier alpha value is -2.30. The molecule has 0 aliphatic rings. The molecule has 0 atom stereocenters. The minimum atomic E-state index is -0.323. The summed E-state index contributed by atoms with van der Waals surface area (Å²) in [6.07, 6.45) is 1.40. The van der Waals surface area contributed by atoms with Crippen LogP contribution in [0.2, 0.25) is 0 Å². The fraction of sp³-hybridized carbons (Fsp3) is 0.167. The third kappa shape index (κ3) is 2.63. The van der Waals surface area contributed by atoms with E-state index in [4.69, 9.17) is 9.15 Å². The van der Waals surface area contributed by atoms with Crippen LogP contribution in [0, 0.1) is 6.92 Å². The maximum Gasteiger partial charge on any atom is 0.293 e. The van der Waals surface area contributed by atoms with Crippen molar-refractivity contribution in [1.29, 1.82) is 0 Å². The molecule has 0 bridgehead atoms. The Balaban J connectivity index is 2.07. The molecule has 0 radical (unpaired) electrons. The van der Waals surface area contributed by atoms with E-state index in [-0.39, 0.29) is 11.7 Å². The molecule has 0 saturated heterocycles. The molecule has 0 spiro atoms. The average molecular weight is 232 g/mol. The molecule has 2 aromatic rings. The Kier molecular flexibility index (Phi) is 3.09. The van der Waals surface area contributed by atoms with Crippen LogP contribution in [-0.2, 0) is 0 Å². The van der Waals surface area contributed by atoms with Gasteiger partial charge in [-0.1, -0.05) is 0 Å². The highest BCUT2D eigenvalue weighted by atomic mass is 16.5. The largest absolute Gasteiger partial charge is 0.497 e. The number of rotatable bonds is 3. The van der Waals surface area contributed by atoms with Gasteiger partial charge in [0, 0.05) is 12.6 Å². The summed E-state index contributed by atoms with van der Waals surface area (Å²) in [7, 11) is 1.59. The smallest absolute Gasteiger partial charge is 0.293 e. The maximum absolute atomic E-state index is 11.7. The molecule has 2 rings (SSSR count). The van der Waals surface area contributed by atoms with Crippen molar-refractivity contribution in [2.75, 3.05) is 12.4 Å². The summed E-state index contributed by atoms with van der Waals surface area (Å²) in [4.78, 5) is 15.6. The van der Waals surface area contributed by atoms with Crippen LogP contribution in [0.3, 0.4) is 0 Å². The summed E-state index contributed by atoms with van der Waals surface area (Å²) in [6, 6.07) is 7.03. The third-order valence-corrected chi connectivity index (χ3v) is 2.19. The predicted octanol–water partition coefficient (Wildman–Crippen LogP) is 2.24. The number of ether oxygens (including phenoxy) is 1. The molecule has 0 saturated carbocycles. The summed E-state index contributed by atoms with van der Waals surface area (Å²) in [5.41, 5.74) is 0.671. The van der Waals surface area contributed by atoms with E-state index in [1.165, 1.54) is 6.20 Å². The van der Waals surface area contributed by atoms with Gasteiger partial charge < -0.3 is 14.5 Å². The van der Waals surface area contributed by atoms with E-state index in [1.807, 2.05) is 0 Å². The van der Waals surface area contributed by atoms with Gasteiger partial charge in [0.2, 0.25) is 5.76 Å². The molecule has 1 aromatic heterocycles. The van der Waals surface area contributed by atoms with Crippen LogP contribution < -0.4 is 10.1 Å². The molecule has 1 N–H and O–H groups in total. The molecule has 0 aliphatic heterocycles. The molecule has 5 nitrogen and oxygen atoms in total. The predicted molar refractivity (Wildman–Crippen MR) is 62.2 cm³/mol. The van der Waals surface area contributed by atoms with Gasteiger partial charge in [0.1, 0.15) is 5.75 Å². The standard InChI is InChI=1S/C12H12N2O3/c1-8-13-7-11(17-8)12(15)14-9-3-5-10(16-2)6-4-9/h3-7H,1-2H3,(H,14,15). The highest BCUT2D eigenvalue weighted by molar-refractivity contribution is 6.02. The quantitative estimate of drug-likeness (QED) is 0.881. The second kappa shape index (κ2) is 4.69. The van der Waals surface area contributed by atoms with Crippen LogP contribution in [-0.4, -0.2) is 18.0 Å². The van der Waals surface area contributed by atoms with Crippen LogP contribution in [0.5, 0.6) is 5.75 Å². The number of benzene rings is 1. The Morgan fingerprint density at radius 1 is 1.35 bits per heavy atom. The zero-order valence-electron chi connectivity index (χ0n) is 9.56. The summed E-state index contributed by atoms with van der Waals surface area (Å²) in [5, 5.41) is 2.69. The Bertz CT molecular complexity index is 517. The molecular formula is C12H12N2O3. The van der Waals surface area contributed by atoms with E-state index in [0.29, 0.717) is 11.6 Å². The molecule has 5 heteroatoms. The summed E-state index contributed by atoms with van der Waals surface area (Å²) in [6.45, 7) is 1.68. The van der Waals surface area contributed by atoms with Crippen LogP contribution in [0.1, 0.15) is 16.4 Å². The van der Waals surface area contributed by atoms with Crippen molar-refractivity contribution in [3.05, 3.63) is 42.1 Å². The summed E-state index contributed by atoms with van der Waals surface area (Å²) < 4.78 is 10.1. The Morgan fingerprint density at radius 2 is 2.06 bits per heavy atom. The number of oxazole rings is 1. The highest BCUT2D eigenvalue weighted by Gasteiger charge is 2.10. The fourth-order valence-corrected chi connectivity index (χ4v) is 1.33. The summed E-state index contributed by atoms with van der Waals surface area (Å²) >= 11 is 0. The van der Waals surface area contributed by atoms with E-state index in [2.05, 4.69) is 10.3 Å². The highest BCUT2D eigenvalue weighted by Crippen LogP contribution is 2.16. The number of amides is 1. The second-order valence-corrected chi connectivity index (χ2v) is 3.43. The Labute approximate surface area is 98.4 Å². The first kappa shape index (κ1) is 11.2. The average Bonchev–Trinajstić information content (AvgIpc) is 2.77. The van der Waals surface area contributed by atoms with Crippen molar-refractivity contribution >= 4 is 11.6 Å². The van der Waals surface area contributed by atoms with Crippen LogP contribution in [0.15, 0.2) is 34.9 Å². The van der Waals surface area contributed by atoms with E-state index in [9.17, 15) is 4.79 Å². The van der Waals surface area contributed by atoms with Crippen molar-refractivity contribution in [2.24, 2.45) is 0 Å². The van der Waals surface area contributed by atoms with Crippen LogP contribution >= 0.6 is 0 Å². The van der Waals surface area contributed by atoms with Crippen molar-refractivity contribution in [3.8, 4) is 5.75 Å². The Morgan fingerprint density at radius 3 is 2.59 bits per heavy atom. The fourth-order valence-electron chi connectivity index (χ4n) is 1.33. The number of carbonyl (C=O) groups is 1. The van der Waals surface area contributed by atoms with E-state index < -0.39 is 0 Å². The van der Waals surface area contributed by atoms with Gasteiger partial charge in [0.15, 0.2) is 5.89 Å². The van der Waals surface area contributed by atoms with Gasteiger partial charge in [0.05, 0.1) is 13.3 Å². The summed E-state index contributed by atoms with van der Waals surface area (Å²) in [5.74, 6) is 1.07. The van der Waals surface area contributed by atoms with Crippen molar-refractivity contribution < 1.29 is 13.9 Å². The van der Waals surface area contributed by atoms with Crippen molar-refractivity contribution in [2.45, 2.75) is 6.92 Å². The van der Waals surface area contributed by atoms with E-state index >= 15 is 0 Å². The molecule has 0 unspecified atom stereocenters. The lowest BCUT2D eigenvalue weighted by Gasteiger charge is -2.04. The number of hydrogen-bond acceptors (Lipinski definition) is 4.